The van der Waals surface area contributed by atoms with E-state index in [4.69, 9.17) is 0 Å². The van der Waals surface area contributed by atoms with Crippen molar-refractivity contribution >= 4 is 23.3 Å². The molecule has 0 bridgehead atoms. The second-order valence-corrected chi connectivity index (χ2v) is 7.15. The van der Waals surface area contributed by atoms with Gasteiger partial charge in [0, 0.05) is 63.6 Å². The zero-order valence-corrected chi connectivity index (χ0v) is 15.7. The number of likely N-dealkylation sites (N-methyl/N-ethyl adjacent to an activating group) is 1. The lowest BCUT2D eigenvalue weighted by Gasteiger charge is -2.34. The van der Waals surface area contributed by atoms with Gasteiger partial charge in [-0.2, -0.15) is 0 Å². The molecule has 26 heavy (non-hydrogen) atoms. The third kappa shape index (κ3) is 5.11. The number of benzene rings is 1. The van der Waals surface area contributed by atoms with Gasteiger partial charge < -0.3 is 25.3 Å². The first-order chi connectivity index (χ1) is 12.5. The molecule has 1 aliphatic heterocycles. The van der Waals surface area contributed by atoms with Crippen LogP contribution >= 0.6 is 0 Å². The average molecular weight is 359 g/mol. The minimum Gasteiger partial charge on any atom is -0.369 e. The van der Waals surface area contributed by atoms with Crippen LogP contribution in [0.15, 0.2) is 24.3 Å². The fourth-order valence-corrected chi connectivity index (χ4v) is 3.12. The zero-order valence-electron chi connectivity index (χ0n) is 15.7. The molecule has 2 aliphatic rings. The topological polar surface area (TPSA) is 67.9 Å². The number of anilines is 2. The maximum atomic E-state index is 12.0. The van der Waals surface area contributed by atoms with Crippen LogP contribution in [0.4, 0.5) is 16.2 Å². The van der Waals surface area contributed by atoms with Gasteiger partial charge >= 0.3 is 6.03 Å². The predicted molar refractivity (Wildman–Crippen MR) is 104 cm³/mol. The third-order valence-corrected chi connectivity index (χ3v) is 4.94. The van der Waals surface area contributed by atoms with Gasteiger partial charge in [0.2, 0.25) is 5.91 Å². The van der Waals surface area contributed by atoms with Crippen LogP contribution in [0, 0.1) is 0 Å². The maximum Gasteiger partial charge on any atom is 0.315 e. The standard InChI is InChI=1S/C19H29N5O2/c1-15(25)24(10-9-20-19(26)21-16-3-4-16)18-7-5-17(6-8-18)23-13-11-22(2)12-14-23/h5-8,16H,3-4,9-14H2,1-2H3,(H2,20,21,26). The predicted octanol–water partition coefficient (Wildman–Crippen LogP) is 1.25. The molecule has 7 heteroatoms. The maximum absolute atomic E-state index is 12.0. The summed E-state index contributed by atoms with van der Waals surface area (Å²) in [6.07, 6.45) is 2.12. The fourth-order valence-electron chi connectivity index (χ4n) is 3.12. The summed E-state index contributed by atoms with van der Waals surface area (Å²) in [5.41, 5.74) is 2.05. The first kappa shape index (κ1) is 18.5. The van der Waals surface area contributed by atoms with E-state index in [1.807, 2.05) is 12.1 Å². The minimum absolute atomic E-state index is 0.0262. The summed E-state index contributed by atoms with van der Waals surface area (Å²) in [5.74, 6) is -0.0262. The largest absolute Gasteiger partial charge is 0.369 e. The molecular formula is C19H29N5O2. The summed E-state index contributed by atoms with van der Waals surface area (Å²) in [6, 6.07) is 8.30. The summed E-state index contributed by atoms with van der Waals surface area (Å²) in [6.45, 7) is 6.61. The van der Waals surface area contributed by atoms with Crippen molar-refractivity contribution in [1.29, 1.82) is 0 Å². The Morgan fingerprint density at radius 3 is 2.35 bits per heavy atom. The van der Waals surface area contributed by atoms with E-state index in [9.17, 15) is 9.59 Å². The first-order valence-corrected chi connectivity index (χ1v) is 9.39. The van der Waals surface area contributed by atoms with E-state index in [0.29, 0.717) is 19.1 Å². The molecule has 1 saturated heterocycles. The van der Waals surface area contributed by atoms with E-state index >= 15 is 0 Å². The molecule has 0 aromatic heterocycles. The van der Waals surface area contributed by atoms with E-state index in [1.165, 1.54) is 5.69 Å². The molecule has 142 valence electrons. The number of piperazine rings is 1. The Balaban J connectivity index is 1.53. The van der Waals surface area contributed by atoms with Crippen molar-refractivity contribution in [3.63, 3.8) is 0 Å². The normalized spacial score (nSPS) is 17.7. The molecular weight excluding hydrogens is 330 g/mol. The van der Waals surface area contributed by atoms with Crippen molar-refractivity contribution in [2.75, 3.05) is 56.1 Å². The van der Waals surface area contributed by atoms with Crippen molar-refractivity contribution in [2.45, 2.75) is 25.8 Å². The highest BCUT2D eigenvalue weighted by molar-refractivity contribution is 5.91. The molecule has 7 nitrogen and oxygen atoms in total. The monoisotopic (exact) mass is 359 g/mol. The second-order valence-electron chi connectivity index (χ2n) is 7.15. The number of nitrogens with zero attached hydrogens (tertiary/aromatic N) is 3. The molecule has 1 heterocycles. The van der Waals surface area contributed by atoms with Gasteiger partial charge in [-0.05, 0) is 44.2 Å². The van der Waals surface area contributed by atoms with Crippen LogP contribution in [0.2, 0.25) is 0 Å². The zero-order chi connectivity index (χ0) is 18.5. The number of rotatable bonds is 6. The van der Waals surface area contributed by atoms with Crippen LogP contribution < -0.4 is 20.4 Å². The lowest BCUT2D eigenvalue weighted by Crippen LogP contribution is -2.44. The van der Waals surface area contributed by atoms with Gasteiger partial charge in [-0.3, -0.25) is 4.79 Å². The van der Waals surface area contributed by atoms with Crippen molar-refractivity contribution in [1.82, 2.24) is 15.5 Å². The van der Waals surface area contributed by atoms with Gasteiger partial charge in [-0.1, -0.05) is 0 Å². The van der Waals surface area contributed by atoms with Gasteiger partial charge in [-0.25, -0.2) is 4.79 Å². The Labute approximate surface area is 155 Å². The molecule has 3 amide bonds. The highest BCUT2D eigenvalue weighted by atomic mass is 16.2. The third-order valence-electron chi connectivity index (χ3n) is 4.94. The molecule has 0 radical (unpaired) electrons. The number of carbonyl (C=O) groups excluding carboxylic acids is 2. The summed E-state index contributed by atoms with van der Waals surface area (Å²) in [7, 11) is 2.14. The van der Waals surface area contributed by atoms with Crippen LogP contribution in [0.3, 0.4) is 0 Å². The van der Waals surface area contributed by atoms with Gasteiger partial charge in [0.25, 0.3) is 0 Å². The molecule has 0 spiro atoms. The van der Waals surface area contributed by atoms with Crippen LogP contribution in [0.25, 0.3) is 0 Å². The van der Waals surface area contributed by atoms with E-state index in [-0.39, 0.29) is 11.9 Å². The van der Waals surface area contributed by atoms with E-state index in [1.54, 1.807) is 11.8 Å². The number of nitrogens with one attached hydrogen (secondary N) is 2. The van der Waals surface area contributed by atoms with Crippen molar-refractivity contribution in [3.05, 3.63) is 24.3 Å². The van der Waals surface area contributed by atoms with Crippen LogP contribution in [-0.4, -0.2) is 69.2 Å². The fraction of sp³-hybridized carbons (Fsp3) is 0.579. The summed E-state index contributed by atoms with van der Waals surface area (Å²) in [4.78, 5) is 30.1. The molecule has 0 unspecified atom stereocenters. The minimum atomic E-state index is -0.151. The SMILES string of the molecule is CC(=O)N(CCNC(=O)NC1CC1)c1ccc(N2CCN(C)CC2)cc1. The van der Waals surface area contributed by atoms with E-state index in [0.717, 1.165) is 44.7 Å². The Bertz CT molecular complexity index is 621. The van der Waals surface area contributed by atoms with E-state index < -0.39 is 0 Å². The van der Waals surface area contributed by atoms with Gasteiger partial charge in [0.15, 0.2) is 0 Å². The molecule has 3 rings (SSSR count). The molecule has 2 N–H and O–H groups in total. The summed E-state index contributed by atoms with van der Waals surface area (Å²) >= 11 is 0. The Morgan fingerprint density at radius 2 is 1.77 bits per heavy atom. The second kappa shape index (κ2) is 8.40. The van der Waals surface area contributed by atoms with Crippen molar-refractivity contribution in [3.8, 4) is 0 Å². The van der Waals surface area contributed by atoms with Crippen molar-refractivity contribution in [2.24, 2.45) is 0 Å². The van der Waals surface area contributed by atoms with Crippen LogP contribution in [-0.2, 0) is 4.79 Å². The summed E-state index contributed by atoms with van der Waals surface area (Å²) in [5, 5.41) is 5.70. The highest BCUT2D eigenvalue weighted by Crippen LogP contribution is 2.22. The summed E-state index contributed by atoms with van der Waals surface area (Å²) < 4.78 is 0. The quantitative estimate of drug-likeness (QED) is 0.802. The smallest absolute Gasteiger partial charge is 0.315 e. The number of amides is 3. The van der Waals surface area contributed by atoms with Crippen LogP contribution in [0.5, 0.6) is 0 Å². The van der Waals surface area contributed by atoms with E-state index in [2.05, 4.69) is 39.6 Å². The van der Waals surface area contributed by atoms with Gasteiger partial charge in [0.05, 0.1) is 0 Å². The van der Waals surface area contributed by atoms with Gasteiger partial charge in [0.1, 0.15) is 0 Å². The molecule has 1 aromatic carbocycles. The average Bonchev–Trinajstić information content (AvgIpc) is 3.43. The molecule has 1 saturated carbocycles. The first-order valence-electron chi connectivity index (χ1n) is 9.39. The molecule has 2 fully saturated rings. The number of hydrogen-bond acceptors (Lipinski definition) is 4. The lowest BCUT2D eigenvalue weighted by atomic mass is 10.2. The number of carbonyl (C=O) groups is 2. The van der Waals surface area contributed by atoms with Crippen molar-refractivity contribution < 1.29 is 9.59 Å². The number of urea groups is 1. The molecule has 1 aliphatic carbocycles. The Hall–Kier alpha value is -2.28. The van der Waals surface area contributed by atoms with Gasteiger partial charge in [-0.15, -0.1) is 0 Å². The lowest BCUT2D eigenvalue weighted by molar-refractivity contribution is -0.116. The Kier molecular flexibility index (Phi) is 5.98. The van der Waals surface area contributed by atoms with Crippen LogP contribution in [0.1, 0.15) is 19.8 Å². The Morgan fingerprint density at radius 1 is 1.12 bits per heavy atom. The molecule has 0 atom stereocenters. The highest BCUT2D eigenvalue weighted by Gasteiger charge is 2.23. The molecule has 1 aromatic rings. The number of hydrogen-bond donors (Lipinski definition) is 2.